The van der Waals surface area contributed by atoms with E-state index < -0.39 is 0 Å². The van der Waals surface area contributed by atoms with E-state index in [1.807, 2.05) is 7.05 Å². The number of tetrazole rings is 1. The zero-order valence-electron chi connectivity index (χ0n) is 16.3. The molecule has 0 atom stereocenters. The summed E-state index contributed by atoms with van der Waals surface area (Å²) in [6.45, 7) is 0. The van der Waals surface area contributed by atoms with Gasteiger partial charge in [0.25, 0.3) is 5.91 Å². The molecule has 2 aromatic heterocycles. The minimum atomic E-state index is -0.258. The number of aryl methyl sites for hydroxylation is 1. The van der Waals surface area contributed by atoms with Crippen molar-refractivity contribution < 1.29 is 9.59 Å². The van der Waals surface area contributed by atoms with E-state index in [2.05, 4.69) is 36.4 Å². The van der Waals surface area contributed by atoms with Crippen LogP contribution >= 0.6 is 11.8 Å². The van der Waals surface area contributed by atoms with Crippen LogP contribution in [-0.2, 0) is 11.8 Å². The highest BCUT2D eigenvalue weighted by atomic mass is 32.2. The summed E-state index contributed by atoms with van der Waals surface area (Å²) < 4.78 is 3.26. The topological polar surface area (TPSA) is 133 Å². The molecule has 12 heteroatoms. The van der Waals surface area contributed by atoms with Crippen LogP contribution in [0.1, 0.15) is 10.4 Å². The molecule has 4 aromatic rings. The zero-order chi connectivity index (χ0) is 21.6. The first-order chi connectivity index (χ1) is 15.1. The van der Waals surface area contributed by atoms with Crippen molar-refractivity contribution in [1.29, 1.82) is 0 Å². The Balaban J connectivity index is 1.30. The molecule has 0 aliphatic carbocycles. The molecule has 31 heavy (non-hydrogen) atoms. The Labute approximate surface area is 180 Å². The van der Waals surface area contributed by atoms with Crippen LogP contribution < -0.4 is 10.6 Å². The van der Waals surface area contributed by atoms with Gasteiger partial charge in [0.2, 0.25) is 5.91 Å². The van der Waals surface area contributed by atoms with E-state index in [9.17, 15) is 9.59 Å². The fourth-order valence-electron chi connectivity index (χ4n) is 2.62. The van der Waals surface area contributed by atoms with Gasteiger partial charge in [-0.1, -0.05) is 11.8 Å². The van der Waals surface area contributed by atoms with Crippen molar-refractivity contribution in [1.82, 2.24) is 35.0 Å². The van der Waals surface area contributed by atoms with Gasteiger partial charge >= 0.3 is 0 Å². The van der Waals surface area contributed by atoms with E-state index in [1.165, 1.54) is 22.8 Å². The van der Waals surface area contributed by atoms with Crippen molar-refractivity contribution in [2.24, 2.45) is 7.05 Å². The van der Waals surface area contributed by atoms with Crippen molar-refractivity contribution in [2.45, 2.75) is 5.16 Å². The quantitative estimate of drug-likeness (QED) is 0.420. The molecule has 2 aromatic carbocycles. The summed E-state index contributed by atoms with van der Waals surface area (Å²) in [4.78, 5) is 24.6. The molecule has 0 saturated heterocycles. The highest BCUT2D eigenvalue weighted by Gasteiger charge is 2.10. The van der Waals surface area contributed by atoms with Crippen LogP contribution in [0.3, 0.4) is 0 Å². The van der Waals surface area contributed by atoms with E-state index in [1.54, 1.807) is 59.4 Å². The number of nitrogens with zero attached hydrogens (tertiary/aromatic N) is 7. The number of thioether (sulfide) groups is 1. The van der Waals surface area contributed by atoms with Gasteiger partial charge in [0, 0.05) is 24.0 Å². The normalized spacial score (nSPS) is 10.6. The monoisotopic (exact) mass is 435 g/mol. The van der Waals surface area contributed by atoms with Gasteiger partial charge in [-0.25, -0.2) is 4.68 Å². The first kappa shape index (κ1) is 20.2. The van der Waals surface area contributed by atoms with Crippen LogP contribution in [0.2, 0.25) is 0 Å². The number of amides is 2. The average molecular weight is 435 g/mol. The first-order valence-corrected chi connectivity index (χ1v) is 10.1. The number of nitrogens with one attached hydrogen (secondary N) is 2. The Morgan fingerprint density at radius 3 is 2.29 bits per heavy atom. The number of carbonyl (C=O) groups excluding carboxylic acids is 2. The van der Waals surface area contributed by atoms with Crippen LogP contribution in [-0.4, -0.2) is 52.5 Å². The third-order valence-electron chi connectivity index (χ3n) is 4.17. The zero-order valence-corrected chi connectivity index (χ0v) is 17.2. The predicted molar refractivity (Wildman–Crippen MR) is 114 cm³/mol. The molecule has 0 bridgehead atoms. The van der Waals surface area contributed by atoms with Gasteiger partial charge in [0.05, 0.1) is 11.4 Å². The lowest BCUT2D eigenvalue weighted by Crippen LogP contribution is -2.15. The second-order valence-electron chi connectivity index (χ2n) is 6.39. The van der Waals surface area contributed by atoms with Crippen molar-refractivity contribution >= 4 is 35.0 Å². The van der Waals surface area contributed by atoms with Crippen molar-refractivity contribution in [3.8, 4) is 5.69 Å². The summed E-state index contributed by atoms with van der Waals surface area (Å²) in [7, 11) is 1.81. The maximum Gasteiger partial charge on any atom is 0.255 e. The third-order valence-corrected chi connectivity index (χ3v) is 5.21. The number of aromatic nitrogens is 7. The fraction of sp³-hybridized carbons (Fsp3) is 0.105. The Bertz CT molecular complexity index is 1170. The molecule has 0 saturated carbocycles. The average Bonchev–Trinajstić information content (AvgIpc) is 3.45. The Morgan fingerprint density at radius 1 is 0.935 bits per heavy atom. The van der Waals surface area contributed by atoms with Crippen LogP contribution in [0.15, 0.2) is 66.3 Å². The number of hydrogen-bond acceptors (Lipinski definition) is 8. The molecule has 0 fully saturated rings. The second kappa shape index (κ2) is 9.17. The first-order valence-electron chi connectivity index (χ1n) is 9.10. The molecule has 0 aliphatic heterocycles. The molecule has 4 rings (SSSR count). The van der Waals surface area contributed by atoms with Crippen molar-refractivity contribution in [3.63, 3.8) is 0 Å². The maximum atomic E-state index is 12.5. The Kier molecular flexibility index (Phi) is 5.98. The SMILES string of the molecule is Cn1cnnc1SCC(=O)Nc1ccc(C(=O)Nc2ccc(-n3cnnn3)cc2)cc1. The largest absolute Gasteiger partial charge is 0.325 e. The third kappa shape index (κ3) is 5.11. The van der Waals surface area contributed by atoms with Crippen LogP contribution in [0.25, 0.3) is 5.69 Å². The summed E-state index contributed by atoms with van der Waals surface area (Å²) in [5, 5.41) is 25.0. The minimum absolute atomic E-state index is 0.173. The molecule has 11 nitrogen and oxygen atoms in total. The van der Waals surface area contributed by atoms with E-state index in [4.69, 9.17) is 0 Å². The van der Waals surface area contributed by atoms with Gasteiger partial charge in [-0.15, -0.1) is 15.3 Å². The predicted octanol–water partition coefficient (Wildman–Crippen LogP) is 1.77. The van der Waals surface area contributed by atoms with Crippen molar-refractivity contribution in [2.75, 3.05) is 16.4 Å². The second-order valence-corrected chi connectivity index (χ2v) is 7.34. The standard InChI is InChI=1S/C19H17N9O2S/c1-27-11-20-24-19(27)31-10-17(29)22-14-4-2-13(3-5-14)18(30)23-15-6-8-16(9-7-15)28-12-21-25-26-28/h2-9,11-12H,10H2,1H3,(H,22,29)(H,23,30). The number of carbonyl (C=O) groups is 2. The highest BCUT2D eigenvalue weighted by Crippen LogP contribution is 2.17. The smallest absolute Gasteiger partial charge is 0.255 e. The number of rotatable bonds is 7. The lowest BCUT2D eigenvalue weighted by molar-refractivity contribution is -0.113. The molecule has 2 heterocycles. The van der Waals surface area contributed by atoms with Crippen LogP contribution in [0.4, 0.5) is 11.4 Å². The Hall–Kier alpha value is -4.06. The number of benzene rings is 2. The van der Waals surface area contributed by atoms with Crippen LogP contribution in [0, 0.1) is 0 Å². The van der Waals surface area contributed by atoms with E-state index in [0.717, 1.165) is 5.69 Å². The van der Waals surface area contributed by atoms with Gasteiger partial charge in [-0.2, -0.15) is 0 Å². The molecule has 0 unspecified atom stereocenters. The van der Waals surface area contributed by atoms with E-state index in [0.29, 0.717) is 22.1 Å². The summed E-state index contributed by atoms with van der Waals surface area (Å²) in [6, 6.07) is 13.8. The van der Waals surface area contributed by atoms with Crippen molar-refractivity contribution in [3.05, 3.63) is 66.7 Å². The van der Waals surface area contributed by atoms with Gasteiger partial charge in [-0.3, -0.25) is 9.59 Å². The Morgan fingerprint density at radius 2 is 1.65 bits per heavy atom. The molecule has 2 amide bonds. The molecule has 2 N–H and O–H groups in total. The summed E-state index contributed by atoms with van der Waals surface area (Å²) in [5.74, 6) is -0.228. The molecular formula is C19H17N9O2S. The lowest BCUT2D eigenvalue weighted by Gasteiger charge is -2.08. The number of hydrogen-bond donors (Lipinski definition) is 2. The molecular weight excluding hydrogens is 418 g/mol. The lowest BCUT2D eigenvalue weighted by atomic mass is 10.2. The molecule has 0 radical (unpaired) electrons. The van der Waals surface area contributed by atoms with Gasteiger partial charge in [-0.05, 0) is 59.0 Å². The summed E-state index contributed by atoms with van der Waals surface area (Å²) >= 11 is 1.29. The molecule has 0 aliphatic rings. The molecule has 0 spiro atoms. The van der Waals surface area contributed by atoms with Gasteiger partial charge in [0.15, 0.2) is 5.16 Å². The highest BCUT2D eigenvalue weighted by molar-refractivity contribution is 7.99. The summed E-state index contributed by atoms with van der Waals surface area (Å²) in [6.07, 6.45) is 3.06. The van der Waals surface area contributed by atoms with E-state index >= 15 is 0 Å². The molecule has 156 valence electrons. The summed E-state index contributed by atoms with van der Waals surface area (Å²) in [5.41, 5.74) is 2.49. The fourth-order valence-corrected chi connectivity index (χ4v) is 3.30. The van der Waals surface area contributed by atoms with Crippen LogP contribution in [0.5, 0.6) is 0 Å². The minimum Gasteiger partial charge on any atom is -0.325 e. The van der Waals surface area contributed by atoms with Gasteiger partial charge < -0.3 is 15.2 Å². The number of anilines is 2. The van der Waals surface area contributed by atoms with E-state index in [-0.39, 0.29) is 17.6 Å². The van der Waals surface area contributed by atoms with Gasteiger partial charge in [0.1, 0.15) is 12.7 Å². The maximum absolute atomic E-state index is 12.5.